The van der Waals surface area contributed by atoms with Gasteiger partial charge in [-0.25, -0.2) is 0 Å². The van der Waals surface area contributed by atoms with Crippen LogP contribution in [-0.4, -0.2) is 13.0 Å². The summed E-state index contributed by atoms with van der Waals surface area (Å²) in [6.45, 7) is 0.446. The van der Waals surface area contributed by atoms with E-state index in [4.69, 9.17) is 21.1 Å². The molecule has 0 saturated heterocycles. The number of nitrogens with zero attached hydrogens (tertiary/aromatic N) is 1. The lowest BCUT2D eigenvalue weighted by molar-refractivity contribution is -0.112. The van der Waals surface area contributed by atoms with E-state index in [0.29, 0.717) is 40.8 Å². The van der Waals surface area contributed by atoms with Crippen LogP contribution in [0.3, 0.4) is 0 Å². The zero-order valence-corrected chi connectivity index (χ0v) is 22.9. The number of anilines is 1. The minimum Gasteiger partial charge on any atom is -0.496 e. The van der Waals surface area contributed by atoms with Gasteiger partial charge in [-0.3, -0.25) is 4.79 Å². The van der Waals surface area contributed by atoms with Crippen LogP contribution < -0.4 is 14.8 Å². The van der Waals surface area contributed by atoms with Crippen LogP contribution in [0.15, 0.2) is 101 Å². The van der Waals surface area contributed by atoms with E-state index in [0.717, 1.165) is 21.2 Å². The summed E-state index contributed by atoms with van der Waals surface area (Å²) in [6.07, 6.45) is 2.05. The summed E-state index contributed by atoms with van der Waals surface area (Å²) in [4.78, 5) is 12.8. The molecule has 0 unspecified atom stereocenters. The number of carbonyl (C=O) groups excluding carboxylic acids is 1. The molecule has 0 saturated carbocycles. The van der Waals surface area contributed by atoms with Crippen LogP contribution in [0.1, 0.15) is 22.3 Å². The van der Waals surface area contributed by atoms with Crippen LogP contribution >= 0.6 is 27.5 Å². The van der Waals surface area contributed by atoms with E-state index in [-0.39, 0.29) is 5.57 Å². The highest BCUT2D eigenvalue weighted by molar-refractivity contribution is 9.10. The average molecular weight is 588 g/mol. The Balaban J connectivity index is 1.46. The number of hydrogen-bond acceptors (Lipinski definition) is 4. The molecule has 0 aliphatic carbocycles. The highest BCUT2D eigenvalue weighted by atomic mass is 79.9. The molecule has 0 atom stereocenters. The van der Waals surface area contributed by atoms with Crippen LogP contribution in [-0.2, 0) is 17.8 Å². The number of rotatable bonds is 9. The minimum absolute atomic E-state index is 0.0638. The first-order valence-electron chi connectivity index (χ1n) is 11.8. The van der Waals surface area contributed by atoms with Gasteiger partial charge in [0.2, 0.25) is 0 Å². The van der Waals surface area contributed by atoms with Gasteiger partial charge in [-0.2, -0.15) is 5.26 Å². The lowest BCUT2D eigenvalue weighted by Gasteiger charge is -2.13. The van der Waals surface area contributed by atoms with Crippen LogP contribution in [0.25, 0.3) is 6.08 Å². The minimum atomic E-state index is -0.530. The maximum Gasteiger partial charge on any atom is 0.266 e. The van der Waals surface area contributed by atoms with Gasteiger partial charge in [0.05, 0.1) is 7.11 Å². The predicted octanol–water partition coefficient (Wildman–Crippen LogP) is 7.83. The van der Waals surface area contributed by atoms with E-state index in [2.05, 4.69) is 21.2 Å². The summed E-state index contributed by atoms with van der Waals surface area (Å²) in [5.41, 5.74) is 4.00. The van der Waals surface area contributed by atoms with Gasteiger partial charge in [0.15, 0.2) is 0 Å². The number of carbonyl (C=O) groups is 1. The van der Waals surface area contributed by atoms with Gasteiger partial charge in [-0.15, -0.1) is 0 Å². The number of ether oxygens (including phenoxy) is 2. The summed E-state index contributed by atoms with van der Waals surface area (Å²) >= 11 is 10.2. The molecule has 0 aromatic heterocycles. The van der Waals surface area contributed by atoms with E-state index >= 15 is 0 Å². The molecule has 0 bridgehead atoms. The molecule has 4 aromatic carbocycles. The summed E-state index contributed by atoms with van der Waals surface area (Å²) in [5.74, 6) is 0.716. The van der Waals surface area contributed by atoms with Crippen molar-refractivity contribution < 1.29 is 14.3 Å². The predicted molar refractivity (Wildman–Crippen MR) is 154 cm³/mol. The molecular formula is C31H24BrClN2O3. The fourth-order valence-electron chi connectivity index (χ4n) is 3.79. The second-order valence-electron chi connectivity index (χ2n) is 8.37. The molecule has 4 rings (SSSR count). The molecule has 1 N–H and O–H groups in total. The van der Waals surface area contributed by atoms with Crippen LogP contribution in [0.4, 0.5) is 5.69 Å². The van der Waals surface area contributed by atoms with Crippen molar-refractivity contribution in [2.24, 2.45) is 0 Å². The van der Waals surface area contributed by atoms with E-state index in [1.807, 2.05) is 60.7 Å². The van der Waals surface area contributed by atoms with Gasteiger partial charge >= 0.3 is 0 Å². The number of amides is 1. The second-order valence-corrected chi connectivity index (χ2v) is 9.64. The van der Waals surface area contributed by atoms with Crippen LogP contribution in [0.2, 0.25) is 5.02 Å². The Kier molecular flexibility index (Phi) is 9.21. The largest absolute Gasteiger partial charge is 0.496 e. The molecule has 0 heterocycles. The third-order valence-electron chi connectivity index (χ3n) is 5.76. The first-order chi connectivity index (χ1) is 18.5. The second kappa shape index (κ2) is 13.0. The van der Waals surface area contributed by atoms with Crippen molar-refractivity contribution in [1.29, 1.82) is 5.26 Å². The van der Waals surface area contributed by atoms with Crippen molar-refractivity contribution in [3.05, 3.63) is 128 Å². The summed E-state index contributed by atoms with van der Waals surface area (Å²) in [6, 6.07) is 30.2. The summed E-state index contributed by atoms with van der Waals surface area (Å²) in [7, 11) is 1.56. The van der Waals surface area contributed by atoms with Crippen molar-refractivity contribution in [2.75, 3.05) is 12.4 Å². The topological polar surface area (TPSA) is 71.3 Å². The lowest BCUT2D eigenvalue weighted by Crippen LogP contribution is -2.13. The molecule has 0 aliphatic rings. The first kappa shape index (κ1) is 27.0. The Hall–Kier alpha value is -4.05. The van der Waals surface area contributed by atoms with Crippen molar-refractivity contribution in [3.8, 4) is 17.6 Å². The van der Waals surface area contributed by atoms with Crippen molar-refractivity contribution in [1.82, 2.24) is 0 Å². The van der Waals surface area contributed by atoms with E-state index in [1.165, 1.54) is 6.08 Å². The normalized spacial score (nSPS) is 10.9. The molecular weight excluding hydrogens is 564 g/mol. The Morgan fingerprint density at radius 3 is 2.42 bits per heavy atom. The Morgan fingerprint density at radius 2 is 1.74 bits per heavy atom. The van der Waals surface area contributed by atoms with Crippen LogP contribution in [0.5, 0.6) is 11.5 Å². The molecule has 4 aromatic rings. The fourth-order valence-corrected chi connectivity index (χ4v) is 4.50. The zero-order chi connectivity index (χ0) is 26.9. The fraction of sp³-hybridized carbons (Fsp3) is 0.0968. The molecule has 0 fully saturated rings. The van der Waals surface area contributed by atoms with Gasteiger partial charge in [0.1, 0.15) is 29.7 Å². The number of nitrogens with one attached hydrogen (secondary N) is 1. The number of methoxy groups -OCH3 is 1. The van der Waals surface area contributed by atoms with Crippen molar-refractivity contribution in [2.45, 2.75) is 13.0 Å². The van der Waals surface area contributed by atoms with E-state index in [1.54, 1.807) is 43.5 Å². The molecule has 0 radical (unpaired) electrons. The SMILES string of the molecule is COc1cc(/C=C(\C#N)C(=O)Nc2ccc(OCc3ccccc3)cc2)cc(Cl)c1Cc1ccccc1Br. The van der Waals surface area contributed by atoms with E-state index < -0.39 is 5.91 Å². The summed E-state index contributed by atoms with van der Waals surface area (Å²) < 4.78 is 12.3. The molecule has 0 aliphatic heterocycles. The van der Waals surface area contributed by atoms with Crippen LogP contribution in [0, 0.1) is 11.3 Å². The number of halogens is 2. The van der Waals surface area contributed by atoms with Crippen molar-refractivity contribution >= 4 is 45.2 Å². The highest BCUT2D eigenvalue weighted by Crippen LogP contribution is 2.33. The van der Waals surface area contributed by atoms with E-state index in [9.17, 15) is 10.1 Å². The smallest absolute Gasteiger partial charge is 0.266 e. The Labute approximate surface area is 235 Å². The first-order valence-corrected chi connectivity index (χ1v) is 12.9. The van der Waals surface area contributed by atoms with Gasteiger partial charge in [0, 0.05) is 27.2 Å². The van der Waals surface area contributed by atoms with Gasteiger partial charge in [0.25, 0.3) is 5.91 Å². The van der Waals surface area contributed by atoms with Crippen molar-refractivity contribution in [3.63, 3.8) is 0 Å². The van der Waals surface area contributed by atoms with Gasteiger partial charge in [-0.1, -0.05) is 76.1 Å². The molecule has 38 heavy (non-hydrogen) atoms. The highest BCUT2D eigenvalue weighted by Gasteiger charge is 2.15. The third-order valence-corrected chi connectivity index (χ3v) is 6.87. The maximum absolute atomic E-state index is 12.8. The molecule has 5 nitrogen and oxygen atoms in total. The summed E-state index contributed by atoms with van der Waals surface area (Å²) in [5, 5.41) is 12.9. The molecule has 1 amide bonds. The lowest BCUT2D eigenvalue weighted by atomic mass is 10.0. The zero-order valence-electron chi connectivity index (χ0n) is 20.6. The average Bonchev–Trinajstić information content (AvgIpc) is 2.94. The molecule has 0 spiro atoms. The number of hydrogen-bond donors (Lipinski definition) is 1. The van der Waals surface area contributed by atoms with Gasteiger partial charge in [-0.05, 0) is 65.2 Å². The maximum atomic E-state index is 12.8. The standard InChI is InChI=1S/C31H24BrClN2O3/c1-37-30-17-22(16-29(33)27(30)18-23-9-5-6-10-28(23)32)15-24(19-34)31(36)35-25-11-13-26(14-12-25)38-20-21-7-3-2-4-8-21/h2-17H,18,20H2,1H3,(H,35,36)/b24-15+. The molecule has 190 valence electrons. The third kappa shape index (κ3) is 7.04. The quantitative estimate of drug-likeness (QED) is 0.160. The molecule has 7 heteroatoms. The monoisotopic (exact) mass is 586 g/mol. The Bertz CT molecular complexity index is 1500. The Morgan fingerprint density at radius 1 is 1.03 bits per heavy atom. The number of nitriles is 1. The number of benzene rings is 4. The van der Waals surface area contributed by atoms with Gasteiger partial charge < -0.3 is 14.8 Å².